The molecular formula is C22H22N2O3. The van der Waals surface area contributed by atoms with Crippen LogP contribution in [0.25, 0.3) is 0 Å². The Hall–Kier alpha value is -3.10. The Kier molecular flexibility index (Phi) is 6.24. The molecule has 138 valence electrons. The molecule has 0 spiro atoms. The molecule has 0 saturated heterocycles. The summed E-state index contributed by atoms with van der Waals surface area (Å²) in [4.78, 5) is 22.9. The molecule has 27 heavy (non-hydrogen) atoms. The first kappa shape index (κ1) is 18.7. The van der Waals surface area contributed by atoms with E-state index in [2.05, 4.69) is 22.5 Å². The average molecular weight is 362 g/mol. The van der Waals surface area contributed by atoms with E-state index in [4.69, 9.17) is 4.74 Å². The highest BCUT2D eigenvalue weighted by Gasteiger charge is 2.20. The molecule has 5 heteroatoms. The Labute approximate surface area is 159 Å². The van der Waals surface area contributed by atoms with Crippen LogP contribution in [0, 0.1) is 11.8 Å². The molecule has 5 nitrogen and oxygen atoms in total. The fourth-order valence-corrected chi connectivity index (χ4v) is 2.97. The Morgan fingerprint density at radius 1 is 1.00 bits per heavy atom. The molecule has 3 rings (SSSR count). The molecule has 0 heterocycles. The summed E-state index contributed by atoms with van der Waals surface area (Å²) in [5.74, 6) is 6.12. The Bertz CT molecular complexity index is 896. The standard InChI is InChI=1S/C22H22N2O3/c1-16(25)23-12-13-24-22(26)15-27-21-14-19-8-3-2-6-17(19)10-11-18-7-4-5-9-20(18)21/h2-9,21H,12-15H2,1H3,(H,23,25)(H,24,26). The van der Waals surface area contributed by atoms with Crippen LogP contribution in [0.5, 0.6) is 0 Å². The van der Waals surface area contributed by atoms with Gasteiger partial charge in [0, 0.05) is 37.6 Å². The monoisotopic (exact) mass is 362 g/mol. The van der Waals surface area contributed by atoms with Crippen LogP contribution in [0.3, 0.4) is 0 Å². The van der Waals surface area contributed by atoms with Crippen molar-refractivity contribution in [2.75, 3.05) is 19.7 Å². The highest BCUT2D eigenvalue weighted by molar-refractivity contribution is 5.77. The van der Waals surface area contributed by atoms with Crippen molar-refractivity contribution in [3.63, 3.8) is 0 Å². The molecule has 2 N–H and O–H groups in total. The molecule has 0 radical (unpaired) electrons. The number of carbonyl (C=O) groups excluding carboxylic acids is 2. The maximum absolute atomic E-state index is 12.1. The van der Waals surface area contributed by atoms with E-state index >= 15 is 0 Å². The van der Waals surface area contributed by atoms with Crippen LogP contribution in [0.15, 0.2) is 48.5 Å². The molecule has 1 atom stereocenters. The van der Waals surface area contributed by atoms with Crippen LogP contribution in [-0.4, -0.2) is 31.5 Å². The number of amides is 2. The first-order chi connectivity index (χ1) is 13.1. The number of rotatable bonds is 6. The smallest absolute Gasteiger partial charge is 0.246 e. The van der Waals surface area contributed by atoms with Crippen molar-refractivity contribution in [3.8, 4) is 11.8 Å². The highest BCUT2D eigenvalue weighted by atomic mass is 16.5. The third-order valence-corrected chi connectivity index (χ3v) is 4.30. The molecule has 1 unspecified atom stereocenters. The van der Waals surface area contributed by atoms with Gasteiger partial charge in [-0.2, -0.15) is 0 Å². The normalized spacial score (nSPS) is 14.5. The number of hydrogen-bond acceptors (Lipinski definition) is 3. The summed E-state index contributed by atoms with van der Waals surface area (Å²) < 4.78 is 5.97. The van der Waals surface area contributed by atoms with Gasteiger partial charge in [0.1, 0.15) is 6.61 Å². The van der Waals surface area contributed by atoms with Gasteiger partial charge in [-0.3, -0.25) is 9.59 Å². The second-order valence-corrected chi connectivity index (χ2v) is 6.33. The Balaban J connectivity index is 1.69. The maximum Gasteiger partial charge on any atom is 0.246 e. The van der Waals surface area contributed by atoms with Crippen LogP contribution in [-0.2, 0) is 20.7 Å². The summed E-state index contributed by atoms with van der Waals surface area (Å²) >= 11 is 0. The number of hydrogen-bond donors (Lipinski definition) is 2. The van der Waals surface area contributed by atoms with Gasteiger partial charge in [0.15, 0.2) is 0 Å². The molecule has 2 aromatic carbocycles. The van der Waals surface area contributed by atoms with Gasteiger partial charge in [-0.1, -0.05) is 48.2 Å². The van der Waals surface area contributed by atoms with Crippen molar-refractivity contribution in [3.05, 3.63) is 70.8 Å². The highest BCUT2D eigenvalue weighted by Crippen LogP contribution is 2.28. The third kappa shape index (κ3) is 5.19. The van der Waals surface area contributed by atoms with E-state index in [0.29, 0.717) is 19.5 Å². The number of ether oxygens (including phenoxy) is 1. The fraction of sp³-hybridized carbons (Fsp3) is 0.273. The number of benzene rings is 2. The van der Waals surface area contributed by atoms with E-state index < -0.39 is 0 Å². The summed E-state index contributed by atoms with van der Waals surface area (Å²) in [6.45, 7) is 2.17. The lowest BCUT2D eigenvalue weighted by molar-refractivity contribution is -0.128. The van der Waals surface area contributed by atoms with Gasteiger partial charge < -0.3 is 15.4 Å². The third-order valence-electron chi connectivity index (χ3n) is 4.30. The van der Waals surface area contributed by atoms with Crippen molar-refractivity contribution in [1.82, 2.24) is 10.6 Å². The van der Waals surface area contributed by atoms with E-state index in [-0.39, 0.29) is 24.5 Å². The predicted octanol–water partition coefficient (Wildman–Crippen LogP) is 1.95. The van der Waals surface area contributed by atoms with Gasteiger partial charge in [0.2, 0.25) is 11.8 Å². The van der Waals surface area contributed by atoms with Crippen LogP contribution in [0.2, 0.25) is 0 Å². The lowest BCUT2D eigenvalue weighted by atomic mass is 9.92. The van der Waals surface area contributed by atoms with Gasteiger partial charge >= 0.3 is 0 Å². The SMILES string of the molecule is CC(=O)NCCNC(=O)COC1Cc2ccccc2C#Cc2ccccc21. The zero-order chi connectivity index (χ0) is 19.1. The van der Waals surface area contributed by atoms with Crippen molar-refractivity contribution in [1.29, 1.82) is 0 Å². The van der Waals surface area contributed by atoms with Crippen molar-refractivity contribution >= 4 is 11.8 Å². The minimum atomic E-state index is -0.252. The molecule has 0 aromatic heterocycles. The van der Waals surface area contributed by atoms with E-state index in [1.807, 2.05) is 48.5 Å². The largest absolute Gasteiger partial charge is 0.363 e. The molecule has 0 bridgehead atoms. The van der Waals surface area contributed by atoms with Gasteiger partial charge in [0.25, 0.3) is 0 Å². The Morgan fingerprint density at radius 3 is 2.48 bits per heavy atom. The van der Waals surface area contributed by atoms with Crippen molar-refractivity contribution in [2.45, 2.75) is 19.4 Å². The average Bonchev–Trinajstić information content (AvgIpc) is 2.66. The molecule has 1 aliphatic rings. The maximum atomic E-state index is 12.1. The molecule has 2 aromatic rings. The van der Waals surface area contributed by atoms with Gasteiger partial charge in [-0.25, -0.2) is 0 Å². The van der Waals surface area contributed by atoms with E-state index in [1.165, 1.54) is 6.92 Å². The lowest BCUT2D eigenvalue weighted by Crippen LogP contribution is -2.35. The van der Waals surface area contributed by atoms with Crippen molar-refractivity contribution < 1.29 is 14.3 Å². The number of fused-ring (bicyclic) bond motifs is 2. The zero-order valence-electron chi connectivity index (χ0n) is 15.2. The number of carbonyl (C=O) groups is 2. The van der Waals surface area contributed by atoms with E-state index in [0.717, 1.165) is 22.3 Å². The molecule has 0 saturated carbocycles. The molecule has 2 amide bonds. The number of nitrogens with one attached hydrogen (secondary N) is 2. The quantitative estimate of drug-likeness (QED) is 0.610. The van der Waals surface area contributed by atoms with Crippen LogP contribution < -0.4 is 10.6 Å². The van der Waals surface area contributed by atoms with Gasteiger partial charge in [0.05, 0.1) is 6.10 Å². The van der Waals surface area contributed by atoms with E-state index in [1.54, 1.807) is 0 Å². The Morgan fingerprint density at radius 2 is 1.67 bits per heavy atom. The van der Waals surface area contributed by atoms with Crippen LogP contribution in [0.1, 0.15) is 35.3 Å². The molecular weight excluding hydrogens is 340 g/mol. The van der Waals surface area contributed by atoms with Crippen LogP contribution >= 0.6 is 0 Å². The van der Waals surface area contributed by atoms with Gasteiger partial charge in [-0.15, -0.1) is 0 Å². The summed E-state index contributed by atoms with van der Waals surface area (Å²) in [6, 6.07) is 15.9. The molecule has 1 aliphatic carbocycles. The first-order valence-corrected chi connectivity index (χ1v) is 8.95. The first-order valence-electron chi connectivity index (χ1n) is 8.95. The topological polar surface area (TPSA) is 67.4 Å². The molecule has 0 fully saturated rings. The minimum absolute atomic E-state index is 0.0470. The van der Waals surface area contributed by atoms with Crippen LogP contribution in [0.4, 0.5) is 0 Å². The lowest BCUT2D eigenvalue weighted by Gasteiger charge is -2.21. The van der Waals surface area contributed by atoms with Gasteiger partial charge in [-0.05, 0) is 23.3 Å². The zero-order valence-corrected chi connectivity index (χ0v) is 15.2. The minimum Gasteiger partial charge on any atom is -0.363 e. The second-order valence-electron chi connectivity index (χ2n) is 6.33. The predicted molar refractivity (Wildman–Crippen MR) is 103 cm³/mol. The fourth-order valence-electron chi connectivity index (χ4n) is 2.97. The van der Waals surface area contributed by atoms with E-state index in [9.17, 15) is 9.59 Å². The molecule has 0 aliphatic heterocycles. The summed E-state index contributed by atoms with van der Waals surface area (Å²) in [5, 5.41) is 5.38. The summed E-state index contributed by atoms with van der Waals surface area (Å²) in [5.41, 5.74) is 4.00. The summed E-state index contributed by atoms with van der Waals surface area (Å²) in [7, 11) is 0. The van der Waals surface area contributed by atoms with Crippen molar-refractivity contribution in [2.24, 2.45) is 0 Å². The second kappa shape index (κ2) is 9.02. The summed E-state index contributed by atoms with van der Waals surface area (Å²) in [6.07, 6.45) is 0.402.